The average Bonchev–Trinajstić information content (AvgIpc) is 2.62. The molecule has 27 heavy (non-hydrogen) atoms. The summed E-state index contributed by atoms with van der Waals surface area (Å²) in [6.45, 7) is 3.98. The Bertz CT molecular complexity index is 911. The lowest BCUT2D eigenvalue weighted by molar-refractivity contribution is -0.384. The molecule has 0 radical (unpaired) electrons. The lowest BCUT2D eigenvalue weighted by Gasteiger charge is -2.18. The molecule has 0 aliphatic carbocycles. The number of nitrogens with zero attached hydrogens (tertiary/aromatic N) is 2. The molecule has 0 unspecified atom stereocenters. The van der Waals surface area contributed by atoms with Crippen LogP contribution in [0.25, 0.3) is 0 Å². The number of nitrogens with one attached hydrogen (secondary N) is 1. The molecule has 0 amide bonds. The van der Waals surface area contributed by atoms with Crippen LogP contribution in [-0.4, -0.2) is 37.8 Å². The molecule has 0 bridgehead atoms. The Kier molecular flexibility index (Phi) is 6.40. The lowest BCUT2D eigenvalue weighted by Crippen LogP contribution is -2.26. The second-order valence-corrected chi connectivity index (χ2v) is 8.30. The molecule has 2 aromatic rings. The van der Waals surface area contributed by atoms with Gasteiger partial charge in [-0.1, -0.05) is 12.1 Å². The van der Waals surface area contributed by atoms with Crippen LogP contribution in [-0.2, 0) is 16.6 Å². The minimum atomic E-state index is -3.88. The molecule has 0 spiro atoms. The second kappa shape index (κ2) is 8.36. The normalized spacial score (nSPS) is 11.6. The number of nitro benzene ring substituents is 1. The zero-order valence-electron chi connectivity index (χ0n) is 15.7. The van der Waals surface area contributed by atoms with Crippen LogP contribution < -0.4 is 10.1 Å². The highest BCUT2D eigenvalue weighted by Gasteiger charge is 2.25. The molecular weight excluding hydrogens is 370 g/mol. The largest absolute Gasteiger partial charge is 0.491 e. The van der Waals surface area contributed by atoms with E-state index in [9.17, 15) is 18.5 Å². The third-order valence-corrected chi connectivity index (χ3v) is 5.64. The summed E-state index contributed by atoms with van der Waals surface area (Å²) in [6, 6.07) is 10.9. The Morgan fingerprint density at radius 2 is 1.81 bits per heavy atom. The van der Waals surface area contributed by atoms with Crippen LogP contribution in [0, 0.1) is 10.1 Å². The molecule has 9 heteroatoms. The minimum Gasteiger partial charge on any atom is -0.491 e. The summed E-state index contributed by atoms with van der Waals surface area (Å²) < 4.78 is 32.3. The molecule has 2 rings (SSSR count). The van der Waals surface area contributed by atoms with Crippen molar-refractivity contribution in [2.24, 2.45) is 0 Å². The number of anilines is 1. The first-order chi connectivity index (χ1) is 12.6. The summed E-state index contributed by atoms with van der Waals surface area (Å²) in [7, 11) is -0.904. The van der Waals surface area contributed by atoms with Gasteiger partial charge in [-0.25, -0.2) is 8.42 Å². The van der Waals surface area contributed by atoms with Crippen LogP contribution in [0.2, 0.25) is 0 Å². The highest BCUT2D eigenvalue weighted by atomic mass is 32.2. The molecule has 2 aromatic carbocycles. The van der Waals surface area contributed by atoms with Crippen molar-refractivity contribution in [2.45, 2.75) is 31.4 Å². The van der Waals surface area contributed by atoms with Crippen molar-refractivity contribution in [3.8, 4) is 5.75 Å². The molecule has 0 aromatic heterocycles. The van der Waals surface area contributed by atoms with E-state index in [0.717, 1.165) is 15.9 Å². The molecule has 0 aliphatic heterocycles. The zero-order valence-corrected chi connectivity index (χ0v) is 16.5. The second-order valence-electron chi connectivity index (χ2n) is 6.26. The Balaban J connectivity index is 2.23. The molecule has 0 fully saturated rings. The van der Waals surface area contributed by atoms with E-state index in [1.807, 2.05) is 13.8 Å². The van der Waals surface area contributed by atoms with Gasteiger partial charge in [0.1, 0.15) is 11.4 Å². The first-order valence-electron chi connectivity index (χ1n) is 8.33. The number of rotatable bonds is 8. The van der Waals surface area contributed by atoms with Gasteiger partial charge < -0.3 is 10.1 Å². The fourth-order valence-corrected chi connectivity index (χ4v) is 3.68. The third-order valence-electron chi connectivity index (χ3n) is 3.84. The van der Waals surface area contributed by atoms with Crippen LogP contribution in [0.1, 0.15) is 19.4 Å². The fraction of sp³-hybridized carbons (Fsp3) is 0.333. The number of nitro groups is 1. The smallest absolute Gasteiger partial charge is 0.293 e. The van der Waals surface area contributed by atoms with Gasteiger partial charge in [0.15, 0.2) is 0 Å². The van der Waals surface area contributed by atoms with Crippen LogP contribution >= 0.6 is 0 Å². The molecule has 0 heterocycles. The molecule has 0 atom stereocenters. The average molecular weight is 393 g/mol. The molecular formula is C18H23N3O5S. The molecule has 1 N–H and O–H groups in total. The van der Waals surface area contributed by atoms with Crippen molar-refractivity contribution in [1.29, 1.82) is 0 Å². The van der Waals surface area contributed by atoms with E-state index in [-0.39, 0.29) is 28.9 Å². The summed E-state index contributed by atoms with van der Waals surface area (Å²) in [5.74, 6) is 0.706. The van der Waals surface area contributed by atoms with Gasteiger partial charge in [-0.3, -0.25) is 10.1 Å². The number of benzene rings is 2. The van der Waals surface area contributed by atoms with Crippen molar-refractivity contribution in [3.05, 3.63) is 58.1 Å². The van der Waals surface area contributed by atoms with Gasteiger partial charge in [0.05, 0.1) is 15.9 Å². The summed E-state index contributed by atoms with van der Waals surface area (Å²) in [5.41, 5.74) is 0.739. The maximum Gasteiger partial charge on any atom is 0.293 e. The standard InChI is InChI=1S/C18H23N3O5S/c1-13(2)26-15-7-5-14(6-8-15)12-20(4)27(24,25)16-9-10-17(19-3)18(11-16)21(22)23/h5-11,13,19H,12H2,1-4H3. The van der Waals surface area contributed by atoms with Crippen molar-refractivity contribution in [2.75, 3.05) is 19.4 Å². The molecule has 0 saturated carbocycles. The van der Waals surface area contributed by atoms with Gasteiger partial charge in [0.2, 0.25) is 10.0 Å². The van der Waals surface area contributed by atoms with E-state index in [2.05, 4.69) is 5.32 Å². The Hall–Kier alpha value is -2.65. The summed E-state index contributed by atoms with van der Waals surface area (Å²) in [4.78, 5) is 10.4. The lowest BCUT2D eigenvalue weighted by atomic mass is 10.2. The molecule has 0 aliphatic rings. The SMILES string of the molecule is CNc1ccc(S(=O)(=O)N(C)Cc2ccc(OC(C)C)cc2)cc1[N+](=O)[O-]. The third kappa shape index (κ3) is 4.95. The summed E-state index contributed by atoms with van der Waals surface area (Å²) in [5, 5.41) is 13.9. The van der Waals surface area contributed by atoms with Crippen molar-refractivity contribution >= 4 is 21.4 Å². The highest BCUT2D eigenvalue weighted by molar-refractivity contribution is 7.89. The van der Waals surface area contributed by atoms with Gasteiger partial charge in [0, 0.05) is 26.7 Å². The van der Waals surface area contributed by atoms with E-state index in [1.165, 1.54) is 26.2 Å². The monoisotopic (exact) mass is 393 g/mol. The summed E-state index contributed by atoms with van der Waals surface area (Å²) >= 11 is 0. The maximum atomic E-state index is 12.8. The Morgan fingerprint density at radius 1 is 1.19 bits per heavy atom. The Labute approximate surface area is 159 Å². The van der Waals surface area contributed by atoms with Crippen LogP contribution in [0.4, 0.5) is 11.4 Å². The van der Waals surface area contributed by atoms with E-state index in [1.54, 1.807) is 24.3 Å². The Morgan fingerprint density at radius 3 is 2.33 bits per heavy atom. The molecule has 146 valence electrons. The minimum absolute atomic E-state index is 0.0512. The first kappa shape index (κ1) is 20.7. The summed E-state index contributed by atoms with van der Waals surface area (Å²) in [6.07, 6.45) is 0.0512. The molecule has 8 nitrogen and oxygen atoms in total. The number of hydrogen-bond donors (Lipinski definition) is 1. The van der Waals surface area contributed by atoms with E-state index >= 15 is 0 Å². The van der Waals surface area contributed by atoms with Gasteiger partial charge in [-0.05, 0) is 43.7 Å². The predicted octanol–water partition coefficient (Wildman–Crippen LogP) is 3.24. The van der Waals surface area contributed by atoms with Crippen LogP contribution in [0.5, 0.6) is 5.75 Å². The van der Waals surface area contributed by atoms with Gasteiger partial charge >= 0.3 is 0 Å². The first-order valence-corrected chi connectivity index (χ1v) is 9.77. The topological polar surface area (TPSA) is 102 Å². The van der Waals surface area contributed by atoms with Crippen molar-refractivity contribution in [3.63, 3.8) is 0 Å². The van der Waals surface area contributed by atoms with Crippen molar-refractivity contribution in [1.82, 2.24) is 4.31 Å². The van der Waals surface area contributed by atoms with E-state index in [4.69, 9.17) is 4.74 Å². The molecule has 0 saturated heterocycles. The van der Waals surface area contributed by atoms with Gasteiger partial charge in [0.25, 0.3) is 5.69 Å². The highest BCUT2D eigenvalue weighted by Crippen LogP contribution is 2.28. The number of ether oxygens (including phenoxy) is 1. The van der Waals surface area contributed by atoms with Crippen molar-refractivity contribution < 1.29 is 18.1 Å². The van der Waals surface area contributed by atoms with Crippen LogP contribution in [0.3, 0.4) is 0 Å². The quantitative estimate of drug-likeness (QED) is 0.546. The van der Waals surface area contributed by atoms with Gasteiger partial charge in [-0.15, -0.1) is 0 Å². The fourth-order valence-electron chi connectivity index (χ4n) is 2.50. The van der Waals surface area contributed by atoms with E-state index < -0.39 is 14.9 Å². The van der Waals surface area contributed by atoms with Crippen LogP contribution in [0.15, 0.2) is 47.4 Å². The van der Waals surface area contributed by atoms with Gasteiger partial charge in [-0.2, -0.15) is 4.31 Å². The number of hydrogen-bond acceptors (Lipinski definition) is 6. The predicted molar refractivity (Wildman–Crippen MR) is 104 cm³/mol. The zero-order chi connectivity index (χ0) is 20.2. The van der Waals surface area contributed by atoms with E-state index in [0.29, 0.717) is 5.75 Å². The number of sulfonamides is 1. The maximum absolute atomic E-state index is 12.8.